The van der Waals surface area contributed by atoms with Crippen LogP contribution in [-0.2, 0) is 14.9 Å². The molecule has 0 aromatic heterocycles. The summed E-state index contributed by atoms with van der Waals surface area (Å²) >= 11 is 0. The first-order valence-corrected chi connectivity index (χ1v) is 6.60. The standard InChI is InChI=1S/C8H16F2N2O4S/c9-8(10)7-12(1-4-13)17(14,15)11-2-5-16-6-3-11/h8,13H,1-7H2. The first-order valence-electron chi connectivity index (χ1n) is 5.20. The minimum atomic E-state index is -3.93. The summed E-state index contributed by atoms with van der Waals surface area (Å²) < 4.78 is 55.2. The summed E-state index contributed by atoms with van der Waals surface area (Å²) in [6.45, 7) is -0.927. The number of ether oxygens (including phenoxy) is 1. The number of halogens is 2. The first kappa shape index (κ1) is 14.7. The van der Waals surface area contributed by atoms with E-state index in [9.17, 15) is 17.2 Å². The molecular weight excluding hydrogens is 258 g/mol. The van der Waals surface area contributed by atoms with Crippen LogP contribution in [0.5, 0.6) is 0 Å². The van der Waals surface area contributed by atoms with Gasteiger partial charge in [-0.05, 0) is 0 Å². The van der Waals surface area contributed by atoms with Crippen molar-refractivity contribution < 1.29 is 27.0 Å². The zero-order chi connectivity index (χ0) is 12.9. The van der Waals surface area contributed by atoms with E-state index in [0.29, 0.717) is 4.31 Å². The van der Waals surface area contributed by atoms with E-state index in [1.807, 2.05) is 0 Å². The Hall–Kier alpha value is -0.350. The summed E-state index contributed by atoms with van der Waals surface area (Å²) in [5, 5.41) is 8.72. The molecule has 6 nitrogen and oxygen atoms in total. The number of morpholine rings is 1. The fraction of sp³-hybridized carbons (Fsp3) is 1.00. The van der Waals surface area contributed by atoms with Gasteiger partial charge in [-0.1, -0.05) is 0 Å². The van der Waals surface area contributed by atoms with E-state index in [-0.39, 0.29) is 32.8 Å². The van der Waals surface area contributed by atoms with Gasteiger partial charge in [0.05, 0.1) is 26.4 Å². The molecule has 0 amide bonds. The molecule has 0 aromatic carbocycles. The maximum Gasteiger partial charge on any atom is 0.282 e. The molecule has 1 saturated heterocycles. The van der Waals surface area contributed by atoms with Crippen molar-refractivity contribution in [1.29, 1.82) is 0 Å². The molecule has 102 valence electrons. The predicted molar refractivity (Wildman–Crippen MR) is 56.0 cm³/mol. The monoisotopic (exact) mass is 274 g/mol. The minimum absolute atomic E-state index is 0.146. The van der Waals surface area contributed by atoms with Gasteiger partial charge in [-0.2, -0.15) is 17.0 Å². The predicted octanol–water partition coefficient (Wildman–Crippen LogP) is -0.877. The van der Waals surface area contributed by atoms with Crippen LogP contribution in [0.1, 0.15) is 0 Å². The number of hydrogen-bond donors (Lipinski definition) is 1. The molecule has 1 fully saturated rings. The second kappa shape index (κ2) is 6.55. The van der Waals surface area contributed by atoms with Crippen LogP contribution < -0.4 is 0 Å². The number of nitrogens with zero attached hydrogens (tertiary/aromatic N) is 2. The third-order valence-electron chi connectivity index (χ3n) is 2.31. The molecule has 0 aromatic rings. The van der Waals surface area contributed by atoms with Crippen molar-refractivity contribution in [3.8, 4) is 0 Å². The molecule has 1 aliphatic heterocycles. The van der Waals surface area contributed by atoms with Crippen LogP contribution in [0.4, 0.5) is 8.78 Å². The molecule has 0 unspecified atom stereocenters. The lowest BCUT2D eigenvalue weighted by Crippen LogP contribution is -2.50. The van der Waals surface area contributed by atoms with Crippen molar-refractivity contribution in [2.24, 2.45) is 0 Å². The van der Waals surface area contributed by atoms with Crippen molar-refractivity contribution in [2.45, 2.75) is 6.43 Å². The Bertz CT molecular complexity index is 319. The van der Waals surface area contributed by atoms with Crippen LogP contribution in [0.3, 0.4) is 0 Å². The van der Waals surface area contributed by atoms with Gasteiger partial charge in [0.25, 0.3) is 16.6 Å². The summed E-state index contributed by atoms with van der Waals surface area (Å²) in [5.74, 6) is 0. The number of hydrogen-bond acceptors (Lipinski definition) is 4. The van der Waals surface area contributed by atoms with Crippen LogP contribution >= 0.6 is 0 Å². The maximum atomic E-state index is 12.3. The van der Waals surface area contributed by atoms with Crippen molar-refractivity contribution >= 4 is 10.2 Å². The van der Waals surface area contributed by atoms with Crippen LogP contribution in [0.15, 0.2) is 0 Å². The van der Waals surface area contributed by atoms with Gasteiger partial charge in [0.2, 0.25) is 0 Å². The van der Waals surface area contributed by atoms with Gasteiger partial charge in [0.1, 0.15) is 0 Å². The molecule has 0 bridgehead atoms. The highest BCUT2D eigenvalue weighted by atomic mass is 32.2. The van der Waals surface area contributed by atoms with Gasteiger partial charge in [0, 0.05) is 19.6 Å². The van der Waals surface area contributed by atoms with Gasteiger partial charge in [-0.15, -0.1) is 0 Å². The summed E-state index contributed by atoms with van der Waals surface area (Å²) in [5.41, 5.74) is 0. The van der Waals surface area contributed by atoms with E-state index in [4.69, 9.17) is 9.84 Å². The third kappa shape index (κ3) is 4.11. The zero-order valence-electron chi connectivity index (χ0n) is 9.26. The van der Waals surface area contributed by atoms with Gasteiger partial charge in [-0.3, -0.25) is 0 Å². The zero-order valence-corrected chi connectivity index (χ0v) is 10.1. The molecule has 17 heavy (non-hydrogen) atoms. The van der Waals surface area contributed by atoms with Gasteiger partial charge < -0.3 is 9.84 Å². The van der Waals surface area contributed by atoms with E-state index in [0.717, 1.165) is 4.31 Å². The molecule has 0 atom stereocenters. The Morgan fingerprint density at radius 1 is 1.35 bits per heavy atom. The third-order valence-corrected chi connectivity index (χ3v) is 4.32. The molecule has 0 aliphatic carbocycles. The summed E-state index contributed by atoms with van der Waals surface area (Å²) in [6.07, 6.45) is -2.77. The van der Waals surface area contributed by atoms with Crippen molar-refractivity contribution in [3.63, 3.8) is 0 Å². The molecule has 0 saturated carbocycles. The Kier molecular flexibility index (Phi) is 5.67. The Morgan fingerprint density at radius 2 is 1.94 bits per heavy atom. The van der Waals surface area contributed by atoms with E-state index < -0.39 is 29.8 Å². The highest BCUT2D eigenvalue weighted by Crippen LogP contribution is 2.12. The van der Waals surface area contributed by atoms with E-state index >= 15 is 0 Å². The molecule has 9 heteroatoms. The second-order valence-corrected chi connectivity index (χ2v) is 5.42. The highest BCUT2D eigenvalue weighted by molar-refractivity contribution is 7.86. The largest absolute Gasteiger partial charge is 0.395 e. The topological polar surface area (TPSA) is 70.1 Å². The van der Waals surface area contributed by atoms with E-state index in [1.165, 1.54) is 0 Å². The molecule has 1 rings (SSSR count). The quantitative estimate of drug-likeness (QED) is 0.683. The minimum Gasteiger partial charge on any atom is -0.395 e. The van der Waals surface area contributed by atoms with Gasteiger partial charge in [-0.25, -0.2) is 8.78 Å². The second-order valence-electron chi connectivity index (χ2n) is 3.49. The average molecular weight is 274 g/mol. The molecule has 0 spiro atoms. The first-order chi connectivity index (χ1) is 7.98. The number of aliphatic hydroxyl groups is 1. The summed E-state index contributed by atoms with van der Waals surface area (Å²) in [4.78, 5) is 0. The van der Waals surface area contributed by atoms with Crippen molar-refractivity contribution in [2.75, 3.05) is 46.0 Å². The van der Waals surface area contributed by atoms with Crippen LogP contribution in [-0.4, -0.2) is 74.6 Å². The molecule has 0 radical (unpaired) electrons. The average Bonchev–Trinajstić information content (AvgIpc) is 2.29. The highest BCUT2D eigenvalue weighted by Gasteiger charge is 2.32. The molecule has 1 N–H and O–H groups in total. The SMILES string of the molecule is O=S(=O)(N1CCOCC1)N(CCO)CC(F)F. The number of rotatable bonds is 6. The van der Waals surface area contributed by atoms with Crippen molar-refractivity contribution in [3.05, 3.63) is 0 Å². The van der Waals surface area contributed by atoms with Crippen molar-refractivity contribution in [1.82, 2.24) is 8.61 Å². The van der Waals surface area contributed by atoms with E-state index in [1.54, 1.807) is 0 Å². The Labute approximate surface area is 98.9 Å². The summed E-state index contributed by atoms with van der Waals surface area (Å²) in [6, 6.07) is 0. The summed E-state index contributed by atoms with van der Waals surface area (Å²) in [7, 11) is -3.93. The van der Waals surface area contributed by atoms with Gasteiger partial charge >= 0.3 is 0 Å². The lowest BCUT2D eigenvalue weighted by Gasteiger charge is -2.31. The lowest BCUT2D eigenvalue weighted by atomic mass is 10.5. The lowest BCUT2D eigenvalue weighted by molar-refractivity contribution is 0.0658. The number of aliphatic hydroxyl groups excluding tert-OH is 1. The normalized spacial score (nSPS) is 19.1. The Morgan fingerprint density at radius 3 is 2.41 bits per heavy atom. The maximum absolute atomic E-state index is 12.3. The molecule has 1 aliphatic rings. The fourth-order valence-corrected chi connectivity index (χ4v) is 3.06. The fourth-order valence-electron chi connectivity index (χ4n) is 1.51. The smallest absolute Gasteiger partial charge is 0.282 e. The van der Waals surface area contributed by atoms with Crippen LogP contribution in [0, 0.1) is 0 Å². The molecule has 1 heterocycles. The van der Waals surface area contributed by atoms with E-state index in [2.05, 4.69) is 0 Å². The van der Waals surface area contributed by atoms with Crippen LogP contribution in [0.25, 0.3) is 0 Å². The Balaban J connectivity index is 2.74. The van der Waals surface area contributed by atoms with Gasteiger partial charge in [0.15, 0.2) is 0 Å². The molecular formula is C8H16F2N2O4S. The van der Waals surface area contributed by atoms with Crippen LogP contribution in [0.2, 0.25) is 0 Å². The number of alkyl halides is 2.